The molecule has 5 heteroatoms. The van der Waals surface area contributed by atoms with Crippen LogP contribution in [0.2, 0.25) is 0 Å². The summed E-state index contributed by atoms with van der Waals surface area (Å²) in [4.78, 5) is 0. The fourth-order valence-electron chi connectivity index (χ4n) is 2.00. The van der Waals surface area contributed by atoms with Crippen LogP contribution in [0.15, 0.2) is 0 Å². The highest BCUT2D eigenvalue weighted by Gasteiger charge is 2.32. The standard InChI is InChI=1S/C9H19NO3S/c1-10-4-2-8(6-11)9-3-5-14(12,13)7-9/h8-11H,2-7H2,1H3. The first-order chi connectivity index (χ1) is 6.59. The van der Waals surface area contributed by atoms with E-state index in [0.717, 1.165) is 19.4 Å². The van der Waals surface area contributed by atoms with Crippen molar-refractivity contribution in [2.75, 3.05) is 31.7 Å². The smallest absolute Gasteiger partial charge is 0.150 e. The van der Waals surface area contributed by atoms with Gasteiger partial charge in [0.15, 0.2) is 9.84 Å². The van der Waals surface area contributed by atoms with Crippen molar-refractivity contribution >= 4 is 9.84 Å². The third kappa shape index (κ3) is 3.22. The van der Waals surface area contributed by atoms with Crippen molar-refractivity contribution in [1.29, 1.82) is 0 Å². The lowest BCUT2D eigenvalue weighted by atomic mass is 9.90. The van der Waals surface area contributed by atoms with E-state index in [-0.39, 0.29) is 24.2 Å². The highest BCUT2D eigenvalue weighted by molar-refractivity contribution is 7.91. The molecule has 2 unspecified atom stereocenters. The highest BCUT2D eigenvalue weighted by atomic mass is 32.2. The SMILES string of the molecule is CNCCC(CO)C1CCS(=O)(=O)C1. The maximum absolute atomic E-state index is 11.2. The Labute approximate surface area is 85.6 Å². The molecule has 2 atom stereocenters. The lowest BCUT2D eigenvalue weighted by molar-refractivity contribution is 0.176. The molecule has 1 aliphatic heterocycles. The van der Waals surface area contributed by atoms with Gasteiger partial charge < -0.3 is 10.4 Å². The molecule has 0 aromatic carbocycles. The topological polar surface area (TPSA) is 66.4 Å². The predicted molar refractivity (Wildman–Crippen MR) is 55.9 cm³/mol. The number of aliphatic hydroxyl groups is 1. The second-order valence-corrected chi connectivity index (χ2v) is 6.23. The van der Waals surface area contributed by atoms with E-state index in [2.05, 4.69) is 5.32 Å². The third-order valence-corrected chi connectivity index (χ3v) is 4.73. The van der Waals surface area contributed by atoms with Crippen molar-refractivity contribution in [2.24, 2.45) is 11.8 Å². The van der Waals surface area contributed by atoms with Crippen LogP contribution in [0.4, 0.5) is 0 Å². The molecule has 14 heavy (non-hydrogen) atoms. The Hall–Kier alpha value is -0.130. The molecule has 1 rings (SSSR count). The van der Waals surface area contributed by atoms with Gasteiger partial charge in [0, 0.05) is 6.61 Å². The number of aliphatic hydroxyl groups excluding tert-OH is 1. The molecular weight excluding hydrogens is 202 g/mol. The first-order valence-electron chi connectivity index (χ1n) is 5.05. The van der Waals surface area contributed by atoms with Gasteiger partial charge in [0.2, 0.25) is 0 Å². The summed E-state index contributed by atoms with van der Waals surface area (Å²) in [6.07, 6.45) is 1.57. The Balaban J connectivity index is 2.46. The van der Waals surface area contributed by atoms with Gasteiger partial charge in [-0.15, -0.1) is 0 Å². The summed E-state index contributed by atoms with van der Waals surface area (Å²) in [5.41, 5.74) is 0. The van der Waals surface area contributed by atoms with Gasteiger partial charge in [-0.25, -0.2) is 8.42 Å². The van der Waals surface area contributed by atoms with Gasteiger partial charge in [0.25, 0.3) is 0 Å². The molecule has 1 aliphatic rings. The Morgan fingerprint density at radius 1 is 1.57 bits per heavy atom. The Morgan fingerprint density at radius 3 is 2.71 bits per heavy atom. The fourth-order valence-corrected chi connectivity index (χ4v) is 3.92. The number of hydrogen-bond acceptors (Lipinski definition) is 4. The normalized spacial score (nSPS) is 27.7. The Kier molecular flexibility index (Phi) is 4.34. The van der Waals surface area contributed by atoms with Gasteiger partial charge in [0.1, 0.15) is 0 Å². The monoisotopic (exact) mass is 221 g/mol. The second kappa shape index (κ2) is 5.09. The number of hydrogen-bond donors (Lipinski definition) is 2. The van der Waals surface area contributed by atoms with Crippen LogP contribution >= 0.6 is 0 Å². The van der Waals surface area contributed by atoms with Crippen LogP contribution in [0.3, 0.4) is 0 Å². The molecule has 0 bridgehead atoms. The third-order valence-electron chi connectivity index (χ3n) is 2.93. The first kappa shape index (κ1) is 11.9. The maximum Gasteiger partial charge on any atom is 0.150 e. The van der Waals surface area contributed by atoms with Crippen LogP contribution in [-0.4, -0.2) is 45.2 Å². The largest absolute Gasteiger partial charge is 0.396 e. The zero-order chi connectivity index (χ0) is 10.6. The van der Waals surface area contributed by atoms with Gasteiger partial charge in [-0.1, -0.05) is 0 Å². The van der Waals surface area contributed by atoms with Gasteiger partial charge in [-0.2, -0.15) is 0 Å². The average Bonchev–Trinajstić information content (AvgIpc) is 2.48. The number of nitrogens with one attached hydrogen (secondary N) is 1. The highest BCUT2D eigenvalue weighted by Crippen LogP contribution is 2.27. The van der Waals surface area contributed by atoms with E-state index in [1.165, 1.54) is 0 Å². The predicted octanol–water partition coefficient (Wildman–Crippen LogP) is -0.361. The molecule has 0 amide bonds. The molecule has 0 radical (unpaired) electrons. The summed E-state index contributed by atoms with van der Waals surface area (Å²) in [5, 5.41) is 12.2. The Bertz CT molecular complexity index is 263. The molecule has 0 saturated carbocycles. The van der Waals surface area contributed by atoms with Crippen molar-refractivity contribution in [1.82, 2.24) is 5.32 Å². The van der Waals surface area contributed by atoms with E-state index in [1.807, 2.05) is 7.05 Å². The van der Waals surface area contributed by atoms with Gasteiger partial charge in [-0.05, 0) is 38.3 Å². The summed E-state index contributed by atoms with van der Waals surface area (Å²) in [7, 11) is -0.946. The van der Waals surface area contributed by atoms with Gasteiger partial charge in [-0.3, -0.25) is 0 Å². The molecule has 1 saturated heterocycles. The molecular formula is C9H19NO3S. The minimum atomic E-state index is -2.81. The van der Waals surface area contributed by atoms with E-state index >= 15 is 0 Å². The van der Waals surface area contributed by atoms with E-state index < -0.39 is 9.84 Å². The summed E-state index contributed by atoms with van der Waals surface area (Å²) < 4.78 is 22.5. The van der Waals surface area contributed by atoms with Crippen LogP contribution < -0.4 is 5.32 Å². The molecule has 84 valence electrons. The summed E-state index contributed by atoms with van der Waals surface area (Å²) >= 11 is 0. The lowest BCUT2D eigenvalue weighted by Crippen LogP contribution is -2.24. The zero-order valence-electron chi connectivity index (χ0n) is 8.57. The van der Waals surface area contributed by atoms with Crippen molar-refractivity contribution in [3.05, 3.63) is 0 Å². The molecule has 1 heterocycles. The van der Waals surface area contributed by atoms with Crippen molar-refractivity contribution in [3.8, 4) is 0 Å². The molecule has 0 aliphatic carbocycles. The van der Waals surface area contributed by atoms with Crippen LogP contribution in [0.25, 0.3) is 0 Å². The quantitative estimate of drug-likeness (QED) is 0.665. The van der Waals surface area contributed by atoms with Gasteiger partial charge >= 0.3 is 0 Å². The summed E-state index contributed by atoms with van der Waals surface area (Å²) in [6.45, 7) is 0.934. The molecule has 0 aromatic heterocycles. The van der Waals surface area contributed by atoms with E-state index in [1.54, 1.807) is 0 Å². The van der Waals surface area contributed by atoms with Crippen LogP contribution in [0, 0.1) is 11.8 Å². The maximum atomic E-state index is 11.2. The van der Waals surface area contributed by atoms with E-state index in [9.17, 15) is 8.42 Å². The van der Waals surface area contributed by atoms with Crippen molar-refractivity contribution in [2.45, 2.75) is 12.8 Å². The number of sulfone groups is 1. The van der Waals surface area contributed by atoms with Crippen LogP contribution in [0.5, 0.6) is 0 Å². The van der Waals surface area contributed by atoms with Crippen LogP contribution in [-0.2, 0) is 9.84 Å². The van der Waals surface area contributed by atoms with Crippen molar-refractivity contribution in [3.63, 3.8) is 0 Å². The Morgan fingerprint density at radius 2 is 2.29 bits per heavy atom. The summed E-state index contributed by atoms with van der Waals surface area (Å²) in [5.74, 6) is 0.869. The fraction of sp³-hybridized carbons (Fsp3) is 1.00. The molecule has 1 fully saturated rings. The molecule has 4 nitrogen and oxygen atoms in total. The van der Waals surface area contributed by atoms with E-state index in [4.69, 9.17) is 5.11 Å². The number of rotatable bonds is 5. The average molecular weight is 221 g/mol. The second-order valence-electron chi connectivity index (χ2n) is 4.00. The van der Waals surface area contributed by atoms with Crippen molar-refractivity contribution < 1.29 is 13.5 Å². The zero-order valence-corrected chi connectivity index (χ0v) is 9.39. The van der Waals surface area contributed by atoms with Crippen LogP contribution in [0.1, 0.15) is 12.8 Å². The molecule has 2 N–H and O–H groups in total. The minimum Gasteiger partial charge on any atom is -0.396 e. The lowest BCUT2D eigenvalue weighted by Gasteiger charge is -2.19. The molecule has 0 spiro atoms. The molecule has 0 aromatic rings. The minimum absolute atomic E-state index is 0.0991. The van der Waals surface area contributed by atoms with Gasteiger partial charge in [0.05, 0.1) is 11.5 Å². The van der Waals surface area contributed by atoms with E-state index in [0.29, 0.717) is 5.75 Å². The summed E-state index contributed by atoms with van der Waals surface area (Å²) in [6, 6.07) is 0. The first-order valence-corrected chi connectivity index (χ1v) is 6.87.